The van der Waals surface area contributed by atoms with Crippen LogP contribution in [0.15, 0.2) is 24.4 Å². The van der Waals surface area contributed by atoms with Crippen molar-refractivity contribution in [3.63, 3.8) is 0 Å². The Balaban J connectivity index is 1.41. The van der Waals surface area contributed by atoms with Gasteiger partial charge in [-0.15, -0.1) is 0 Å². The zero-order valence-corrected chi connectivity index (χ0v) is 11.9. The molecule has 3 rings (SSSR count). The van der Waals surface area contributed by atoms with E-state index in [0.29, 0.717) is 5.41 Å². The molecule has 1 atom stereocenters. The maximum absolute atomic E-state index is 4.39. The second-order valence-corrected chi connectivity index (χ2v) is 6.35. The first-order valence-electron chi connectivity index (χ1n) is 7.58. The molecule has 3 heteroatoms. The van der Waals surface area contributed by atoms with Gasteiger partial charge < -0.3 is 10.2 Å². The molecule has 0 amide bonds. The summed E-state index contributed by atoms with van der Waals surface area (Å²) in [6.45, 7) is 4.86. The molecule has 1 saturated carbocycles. The fourth-order valence-corrected chi connectivity index (χ4v) is 3.55. The van der Waals surface area contributed by atoms with Crippen molar-refractivity contribution in [3.8, 4) is 0 Å². The number of nitrogens with zero attached hydrogens (tertiary/aromatic N) is 2. The Labute approximate surface area is 116 Å². The van der Waals surface area contributed by atoms with E-state index in [4.69, 9.17) is 0 Å². The molecule has 1 aromatic heterocycles. The summed E-state index contributed by atoms with van der Waals surface area (Å²) in [4.78, 5) is 6.89. The van der Waals surface area contributed by atoms with Crippen LogP contribution in [0.2, 0.25) is 0 Å². The van der Waals surface area contributed by atoms with Gasteiger partial charge in [0.15, 0.2) is 0 Å². The third-order valence-corrected chi connectivity index (χ3v) is 4.97. The molecule has 1 unspecified atom stereocenters. The lowest BCUT2D eigenvalue weighted by atomic mass is 9.92. The molecule has 104 valence electrons. The number of nitrogens with one attached hydrogen (secondary N) is 1. The van der Waals surface area contributed by atoms with E-state index in [0.717, 1.165) is 18.9 Å². The molecule has 2 heterocycles. The van der Waals surface area contributed by atoms with Crippen molar-refractivity contribution in [3.05, 3.63) is 30.1 Å². The monoisotopic (exact) mass is 259 g/mol. The van der Waals surface area contributed by atoms with Crippen molar-refractivity contribution in [2.75, 3.05) is 33.2 Å². The summed E-state index contributed by atoms with van der Waals surface area (Å²) in [7, 11) is 2.26. The van der Waals surface area contributed by atoms with E-state index in [1.807, 2.05) is 12.3 Å². The summed E-state index contributed by atoms with van der Waals surface area (Å²) in [5.41, 5.74) is 1.92. The minimum absolute atomic E-state index is 0.713. The summed E-state index contributed by atoms with van der Waals surface area (Å²) in [6.07, 6.45) is 7.21. The van der Waals surface area contributed by atoms with Gasteiger partial charge in [-0.05, 0) is 62.9 Å². The largest absolute Gasteiger partial charge is 0.317 e. The Kier molecular flexibility index (Phi) is 3.85. The van der Waals surface area contributed by atoms with Gasteiger partial charge in [0.05, 0.1) is 0 Å². The van der Waals surface area contributed by atoms with E-state index in [9.17, 15) is 0 Å². The molecule has 1 aromatic rings. The normalized spacial score (nSPS) is 24.8. The second-order valence-electron chi connectivity index (χ2n) is 6.35. The molecule has 3 nitrogen and oxygen atoms in total. The van der Waals surface area contributed by atoms with Crippen molar-refractivity contribution in [1.29, 1.82) is 0 Å². The quantitative estimate of drug-likeness (QED) is 0.876. The molecule has 1 saturated heterocycles. The van der Waals surface area contributed by atoms with Gasteiger partial charge in [-0.2, -0.15) is 0 Å². The van der Waals surface area contributed by atoms with E-state index in [1.54, 1.807) is 0 Å². The van der Waals surface area contributed by atoms with E-state index >= 15 is 0 Å². The van der Waals surface area contributed by atoms with Crippen LogP contribution in [0.1, 0.15) is 25.0 Å². The Morgan fingerprint density at radius 1 is 1.37 bits per heavy atom. The minimum atomic E-state index is 0.713. The topological polar surface area (TPSA) is 28.2 Å². The molecular weight excluding hydrogens is 234 g/mol. The van der Waals surface area contributed by atoms with Gasteiger partial charge in [0.2, 0.25) is 0 Å². The Morgan fingerprint density at radius 2 is 2.21 bits per heavy atom. The molecular formula is C16H25N3. The van der Waals surface area contributed by atoms with Gasteiger partial charge in [0.25, 0.3) is 0 Å². The highest BCUT2D eigenvalue weighted by molar-refractivity contribution is 5.06. The Morgan fingerprint density at radius 3 is 2.95 bits per heavy atom. The smallest absolute Gasteiger partial charge is 0.0416 e. The fraction of sp³-hybridized carbons (Fsp3) is 0.688. The molecule has 1 spiro atoms. The van der Waals surface area contributed by atoms with Crippen LogP contribution in [0.5, 0.6) is 0 Å². The van der Waals surface area contributed by atoms with E-state index < -0.39 is 0 Å². The molecule has 19 heavy (non-hydrogen) atoms. The summed E-state index contributed by atoms with van der Waals surface area (Å²) in [6, 6.07) is 6.19. The SMILES string of the molecule is CN(CCc1ccccn1)CC1CC12CCNCC2. The number of likely N-dealkylation sites (N-methyl/N-ethyl adjacent to an activating group) is 1. The number of aromatic nitrogens is 1. The average Bonchev–Trinajstić information content (AvgIpc) is 3.10. The van der Waals surface area contributed by atoms with Crippen LogP contribution in [0.3, 0.4) is 0 Å². The number of hydrogen-bond donors (Lipinski definition) is 1. The predicted octanol–water partition coefficient (Wildman–Crippen LogP) is 1.95. The van der Waals surface area contributed by atoms with Crippen LogP contribution in [0.4, 0.5) is 0 Å². The van der Waals surface area contributed by atoms with Crippen LogP contribution in [-0.4, -0.2) is 43.1 Å². The van der Waals surface area contributed by atoms with Gasteiger partial charge in [0.1, 0.15) is 0 Å². The highest BCUT2D eigenvalue weighted by Crippen LogP contribution is 2.58. The standard InChI is InChI=1S/C16H25N3/c1-19(11-5-15-4-2-3-8-18-15)13-14-12-16(14)6-9-17-10-7-16/h2-4,8,14,17H,5-7,9-13H2,1H3. The summed E-state index contributed by atoms with van der Waals surface area (Å²) < 4.78 is 0. The Bertz CT molecular complexity index is 398. The zero-order valence-electron chi connectivity index (χ0n) is 11.9. The van der Waals surface area contributed by atoms with Crippen LogP contribution >= 0.6 is 0 Å². The fourth-order valence-electron chi connectivity index (χ4n) is 3.55. The van der Waals surface area contributed by atoms with Gasteiger partial charge >= 0.3 is 0 Å². The maximum atomic E-state index is 4.39. The van der Waals surface area contributed by atoms with E-state index in [-0.39, 0.29) is 0 Å². The lowest BCUT2D eigenvalue weighted by Gasteiger charge is -2.25. The van der Waals surface area contributed by atoms with Crippen molar-refractivity contribution < 1.29 is 0 Å². The summed E-state index contributed by atoms with van der Waals surface area (Å²) in [5.74, 6) is 0.948. The van der Waals surface area contributed by atoms with Crippen LogP contribution in [0.25, 0.3) is 0 Å². The number of pyridine rings is 1. The third kappa shape index (κ3) is 3.15. The van der Waals surface area contributed by atoms with Crippen molar-refractivity contribution in [1.82, 2.24) is 15.2 Å². The number of piperidine rings is 1. The zero-order chi connectivity index (χ0) is 13.1. The highest BCUT2D eigenvalue weighted by atomic mass is 15.1. The van der Waals surface area contributed by atoms with Crippen LogP contribution in [-0.2, 0) is 6.42 Å². The lowest BCUT2D eigenvalue weighted by Crippen LogP contribution is -2.32. The third-order valence-electron chi connectivity index (χ3n) is 4.97. The molecule has 1 N–H and O–H groups in total. The first-order valence-corrected chi connectivity index (χ1v) is 7.58. The van der Waals surface area contributed by atoms with Crippen LogP contribution in [0, 0.1) is 11.3 Å². The summed E-state index contributed by atoms with van der Waals surface area (Å²) >= 11 is 0. The first kappa shape index (κ1) is 13.1. The number of rotatable bonds is 5. The van der Waals surface area contributed by atoms with Crippen molar-refractivity contribution >= 4 is 0 Å². The molecule has 0 bridgehead atoms. The van der Waals surface area contributed by atoms with Gasteiger partial charge in [-0.3, -0.25) is 4.98 Å². The minimum Gasteiger partial charge on any atom is -0.317 e. The average molecular weight is 259 g/mol. The maximum Gasteiger partial charge on any atom is 0.0416 e. The number of hydrogen-bond acceptors (Lipinski definition) is 3. The predicted molar refractivity (Wildman–Crippen MR) is 78.1 cm³/mol. The summed E-state index contributed by atoms with van der Waals surface area (Å²) in [5, 5.41) is 3.48. The molecule has 0 radical (unpaired) electrons. The van der Waals surface area contributed by atoms with Crippen molar-refractivity contribution in [2.45, 2.75) is 25.7 Å². The van der Waals surface area contributed by atoms with Gasteiger partial charge in [0, 0.05) is 31.4 Å². The molecule has 1 aliphatic carbocycles. The second kappa shape index (κ2) is 5.59. The van der Waals surface area contributed by atoms with Gasteiger partial charge in [-0.1, -0.05) is 6.07 Å². The molecule has 2 aliphatic rings. The highest BCUT2D eigenvalue weighted by Gasteiger charge is 2.53. The van der Waals surface area contributed by atoms with Crippen LogP contribution < -0.4 is 5.32 Å². The van der Waals surface area contributed by atoms with E-state index in [2.05, 4.69) is 34.4 Å². The molecule has 0 aromatic carbocycles. The van der Waals surface area contributed by atoms with Gasteiger partial charge in [-0.25, -0.2) is 0 Å². The lowest BCUT2D eigenvalue weighted by molar-refractivity contribution is 0.263. The first-order chi connectivity index (χ1) is 9.28. The molecule has 1 aliphatic heterocycles. The van der Waals surface area contributed by atoms with Crippen molar-refractivity contribution in [2.24, 2.45) is 11.3 Å². The van der Waals surface area contributed by atoms with E-state index in [1.165, 1.54) is 44.6 Å². The molecule has 2 fully saturated rings. The Hall–Kier alpha value is -0.930.